The molecular formula is C19H19Cl2N3O2S. The van der Waals surface area contributed by atoms with Crippen molar-refractivity contribution in [3.63, 3.8) is 0 Å². The fourth-order valence-electron chi connectivity index (χ4n) is 2.94. The molecule has 2 heterocycles. The van der Waals surface area contributed by atoms with Gasteiger partial charge in [0.25, 0.3) is 5.56 Å². The molecule has 0 spiro atoms. The zero-order valence-corrected chi connectivity index (χ0v) is 17.6. The summed E-state index contributed by atoms with van der Waals surface area (Å²) in [5.41, 5.74) is 1.70. The summed E-state index contributed by atoms with van der Waals surface area (Å²) in [5, 5.41) is 1.49. The van der Waals surface area contributed by atoms with Crippen molar-refractivity contribution in [3.8, 4) is 0 Å². The highest BCUT2D eigenvalue weighted by Gasteiger charge is 2.17. The number of hydrogen-bond donors (Lipinski definition) is 0. The van der Waals surface area contributed by atoms with Gasteiger partial charge in [0.15, 0.2) is 0 Å². The molecule has 3 aromatic rings. The number of thioether (sulfide) groups is 1. The lowest BCUT2D eigenvalue weighted by Gasteiger charge is -2.14. The quantitative estimate of drug-likeness (QED) is 0.577. The molecule has 0 atom stereocenters. The van der Waals surface area contributed by atoms with Gasteiger partial charge in [-0.15, -0.1) is 11.8 Å². The molecule has 0 radical (unpaired) electrons. The van der Waals surface area contributed by atoms with Crippen molar-refractivity contribution in [1.82, 2.24) is 14.1 Å². The highest BCUT2D eigenvalue weighted by Crippen LogP contribution is 2.33. The smallest absolute Gasteiger partial charge is 0.280 e. The summed E-state index contributed by atoms with van der Waals surface area (Å²) in [4.78, 5) is 30.3. The van der Waals surface area contributed by atoms with Gasteiger partial charge in [-0.2, -0.15) is 0 Å². The van der Waals surface area contributed by atoms with E-state index in [0.717, 1.165) is 33.4 Å². The molecule has 2 aromatic heterocycles. The van der Waals surface area contributed by atoms with Crippen molar-refractivity contribution in [2.75, 3.05) is 0 Å². The minimum absolute atomic E-state index is 0.324. The molecule has 1 aromatic carbocycles. The molecule has 0 saturated heterocycles. The van der Waals surface area contributed by atoms with Gasteiger partial charge >= 0.3 is 5.69 Å². The Labute approximate surface area is 170 Å². The predicted octanol–water partition coefficient (Wildman–Crippen LogP) is 4.18. The standard InChI is InChI=1S/C19H19Cl2N3O2S/c1-4-5-12-9-22-17-15(18(25)24(3)19(26)23(17)2)16(12)27-10-11-6-7-13(20)14(21)8-11/h6-9H,4-5,10H2,1-3H3. The predicted molar refractivity (Wildman–Crippen MR) is 112 cm³/mol. The number of pyridine rings is 1. The van der Waals surface area contributed by atoms with Gasteiger partial charge in [-0.05, 0) is 29.7 Å². The number of benzene rings is 1. The van der Waals surface area contributed by atoms with Crippen LogP contribution in [0.1, 0.15) is 24.5 Å². The van der Waals surface area contributed by atoms with Gasteiger partial charge < -0.3 is 0 Å². The molecule has 8 heteroatoms. The number of aryl methyl sites for hydroxylation is 2. The highest BCUT2D eigenvalue weighted by molar-refractivity contribution is 7.98. The largest absolute Gasteiger partial charge is 0.332 e. The van der Waals surface area contributed by atoms with Crippen LogP contribution in [-0.2, 0) is 26.3 Å². The monoisotopic (exact) mass is 423 g/mol. The van der Waals surface area contributed by atoms with E-state index in [2.05, 4.69) is 11.9 Å². The van der Waals surface area contributed by atoms with Crippen LogP contribution in [-0.4, -0.2) is 14.1 Å². The number of aromatic nitrogens is 3. The van der Waals surface area contributed by atoms with Gasteiger partial charge in [0, 0.05) is 30.9 Å². The second-order valence-corrected chi connectivity index (χ2v) is 8.10. The van der Waals surface area contributed by atoms with Crippen LogP contribution in [0.3, 0.4) is 0 Å². The molecule has 0 aliphatic heterocycles. The summed E-state index contributed by atoms with van der Waals surface area (Å²) >= 11 is 13.7. The molecule has 142 valence electrons. The lowest BCUT2D eigenvalue weighted by atomic mass is 10.1. The summed E-state index contributed by atoms with van der Waals surface area (Å²) in [5.74, 6) is 0.624. The van der Waals surface area contributed by atoms with Gasteiger partial charge in [-0.1, -0.05) is 42.6 Å². The third kappa shape index (κ3) is 3.79. The second-order valence-electron chi connectivity index (χ2n) is 6.30. The molecule has 3 rings (SSSR count). The van der Waals surface area contributed by atoms with Gasteiger partial charge in [-0.3, -0.25) is 13.9 Å². The molecule has 5 nitrogen and oxygen atoms in total. The van der Waals surface area contributed by atoms with E-state index in [1.807, 2.05) is 12.1 Å². The average molecular weight is 424 g/mol. The van der Waals surface area contributed by atoms with Gasteiger partial charge in [-0.25, -0.2) is 9.78 Å². The van der Waals surface area contributed by atoms with Crippen LogP contribution >= 0.6 is 35.0 Å². The number of fused-ring (bicyclic) bond motifs is 1. The van der Waals surface area contributed by atoms with Crippen LogP contribution in [0.15, 0.2) is 38.9 Å². The van der Waals surface area contributed by atoms with E-state index in [4.69, 9.17) is 23.2 Å². The van der Waals surface area contributed by atoms with E-state index < -0.39 is 0 Å². The Morgan fingerprint density at radius 2 is 1.85 bits per heavy atom. The maximum atomic E-state index is 12.8. The molecule has 0 fully saturated rings. The number of rotatable bonds is 5. The summed E-state index contributed by atoms with van der Waals surface area (Å²) in [7, 11) is 3.12. The first-order valence-electron chi connectivity index (χ1n) is 8.49. The van der Waals surface area contributed by atoms with Crippen molar-refractivity contribution < 1.29 is 0 Å². The summed E-state index contributed by atoms with van der Waals surface area (Å²) in [6, 6.07) is 5.51. The first kappa shape index (κ1) is 20.0. The zero-order chi connectivity index (χ0) is 19.7. The minimum Gasteiger partial charge on any atom is -0.280 e. The fourth-order valence-corrected chi connectivity index (χ4v) is 4.41. The Morgan fingerprint density at radius 3 is 2.52 bits per heavy atom. The molecule has 0 aliphatic rings. The minimum atomic E-state index is -0.385. The summed E-state index contributed by atoms with van der Waals surface area (Å²) in [6.45, 7) is 2.08. The highest BCUT2D eigenvalue weighted by atomic mass is 35.5. The van der Waals surface area contributed by atoms with Crippen LogP contribution in [0, 0.1) is 0 Å². The molecule has 0 aliphatic carbocycles. The Balaban J connectivity index is 2.16. The number of hydrogen-bond acceptors (Lipinski definition) is 4. The van der Waals surface area contributed by atoms with E-state index in [9.17, 15) is 9.59 Å². The molecule has 0 saturated carbocycles. The third-order valence-corrected chi connectivity index (χ3v) is 6.35. The first-order valence-corrected chi connectivity index (χ1v) is 10.2. The van der Waals surface area contributed by atoms with Crippen LogP contribution in [0.25, 0.3) is 11.0 Å². The molecule has 0 unspecified atom stereocenters. The third-order valence-electron chi connectivity index (χ3n) is 4.38. The van der Waals surface area contributed by atoms with E-state index in [0.29, 0.717) is 26.8 Å². The second kappa shape index (κ2) is 8.09. The molecular weight excluding hydrogens is 405 g/mol. The summed E-state index contributed by atoms with van der Waals surface area (Å²) < 4.78 is 2.54. The van der Waals surface area contributed by atoms with Crippen molar-refractivity contribution in [2.45, 2.75) is 30.4 Å². The average Bonchev–Trinajstić information content (AvgIpc) is 2.66. The maximum absolute atomic E-state index is 12.8. The van der Waals surface area contributed by atoms with E-state index in [-0.39, 0.29) is 11.2 Å². The Bertz CT molecular complexity index is 1140. The molecule has 0 bridgehead atoms. The van der Waals surface area contributed by atoms with Gasteiger partial charge in [0.2, 0.25) is 0 Å². The van der Waals surface area contributed by atoms with Gasteiger partial charge in [0.1, 0.15) is 5.65 Å². The van der Waals surface area contributed by atoms with Crippen molar-refractivity contribution >= 4 is 46.0 Å². The fraction of sp³-hybridized carbons (Fsp3) is 0.316. The topological polar surface area (TPSA) is 56.9 Å². The van der Waals surface area contributed by atoms with Crippen LogP contribution in [0.2, 0.25) is 10.0 Å². The first-order chi connectivity index (χ1) is 12.8. The van der Waals surface area contributed by atoms with Crippen molar-refractivity contribution in [3.05, 3.63) is 66.4 Å². The normalized spacial score (nSPS) is 11.3. The van der Waals surface area contributed by atoms with Crippen LogP contribution < -0.4 is 11.2 Å². The zero-order valence-electron chi connectivity index (χ0n) is 15.3. The number of halogens is 2. The van der Waals surface area contributed by atoms with Crippen molar-refractivity contribution in [2.24, 2.45) is 14.1 Å². The number of nitrogens with zero attached hydrogens (tertiary/aromatic N) is 3. The van der Waals surface area contributed by atoms with Crippen molar-refractivity contribution in [1.29, 1.82) is 0 Å². The van der Waals surface area contributed by atoms with Crippen LogP contribution in [0.4, 0.5) is 0 Å². The maximum Gasteiger partial charge on any atom is 0.332 e. The Kier molecular flexibility index (Phi) is 5.99. The summed E-state index contributed by atoms with van der Waals surface area (Å²) in [6.07, 6.45) is 3.50. The molecule has 27 heavy (non-hydrogen) atoms. The van der Waals surface area contributed by atoms with E-state index in [1.165, 1.54) is 11.6 Å². The Morgan fingerprint density at radius 1 is 1.11 bits per heavy atom. The lowest BCUT2D eigenvalue weighted by molar-refractivity contribution is 0.704. The molecule has 0 amide bonds. The van der Waals surface area contributed by atoms with E-state index >= 15 is 0 Å². The van der Waals surface area contributed by atoms with E-state index in [1.54, 1.807) is 31.1 Å². The lowest BCUT2D eigenvalue weighted by Crippen LogP contribution is -2.37. The molecule has 0 N–H and O–H groups in total. The van der Waals surface area contributed by atoms with Gasteiger partial charge in [0.05, 0.1) is 15.4 Å². The van der Waals surface area contributed by atoms with Crippen LogP contribution in [0.5, 0.6) is 0 Å². The SMILES string of the molecule is CCCc1cnc2c(c1SCc1ccc(Cl)c(Cl)c1)c(=O)n(C)c(=O)n2C. The Hall–Kier alpha value is -1.76.